The molecule has 0 aliphatic rings. The van der Waals surface area contributed by atoms with Crippen LogP contribution in [0, 0.1) is 6.92 Å². The number of hydrogen-bond acceptors (Lipinski definition) is 3. The van der Waals surface area contributed by atoms with Crippen LogP contribution in [0.5, 0.6) is 0 Å². The lowest BCUT2D eigenvalue weighted by molar-refractivity contribution is 0.439. The molecule has 3 aromatic rings. The number of hydrogen-bond donors (Lipinski definition) is 1. The van der Waals surface area contributed by atoms with Gasteiger partial charge in [0.2, 0.25) is 5.88 Å². The van der Waals surface area contributed by atoms with Gasteiger partial charge in [0, 0.05) is 10.6 Å². The Morgan fingerprint density at radius 3 is 2.50 bits per heavy atom. The molecule has 3 rings (SSSR count). The smallest absolute Gasteiger partial charge is 0.230 e. The van der Waals surface area contributed by atoms with Crippen molar-refractivity contribution >= 4 is 17.5 Å². The quantitative estimate of drug-likeness (QED) is 0.751. The van der Waals surface area contributed by atoms with Gasteiger partial charge in [-0.2, -0.15) is 0 Å². The molecule has 3 nitrogen and oxygen atoms in total. The fourth-order valence-electron chi connectivity index (χ4n) is 2.18. The summed E-state index contributed by atoms with van der Waals surface area (Å²) in [6.45, 7) is 1.96. The highest BCUT2D eigenvalue weighted by atomic mass is 35.5. The van der Waals surface area contributed by atoms with E-state index in [9.17, 15) is 0 Å². The molecule has 2 aromatic carbocycles. The van der Waals surface area contributed by atoms with Crippen molar-refractivity contribution < 1.29 is 4.52 Å². The summed E-state index contributed by atoms with van der Waals surface area (Å²) in [4.78, 5) is 0. The first-order valence-electron chi connectivity index (χ1n) is 6.24. The maximum Gasteiger partial charge on any atom is 0.230 e. The third-order valence-corrected chi connectivity index (χ3v) is 3.64. The van der Waals surface area contributed by atoms with Crippen LogP contribution in [0.25, 0.3) is 22.4 Å². The van der Waals surface area contributed by atoms with Crippen LogP contribution in [0.4, 0.5) is 5.88 Å². The van der Waals surface area contributed by atoms with Gasteiger partial charge in [0.15, 0.2) is 0 Å². The number of nitrogens with two attached hydrogens (primary N) is 1. The van der Waals surface area contributed by atoms with Gasteiger partial charge in [-0.1, -0.05) is 53.2 Å². The zero-order valence-electron chi connectivity index (χ0n) is 10.9. The highest BCUT2D eigenvalue weighted by molar-refractivity contribution is 6.31. The molecule has 2 N–H and O–H groups in total. The van der Waals surface area contributed by atoms with Crippen molar-refractivity contribution in [1.29, 1.82) is 0 Å². The van der Waals surface area contributed by atoms with E-state index in [1.807, 2.05) is 55.5 Å². The van der Waals surface area contributed by atoms with Crippen molar-refractivity contribution in [2.24, 2.45) is 0 Å². The molecule has 4 heteroatoms. The lowest BCUT2D eigenvalue weighted by Gasteiger charge is -2.04. The van der Waals surface area contributed by atoms with Crippen molar-refractivity contribution in [2.45, 2.75) is 6.92 Å². The van der Waals surface area contributed by atoms with E-state index >= 15 is 0 Å². The molecular formula is C16H13ClN2O. The number of nitrogens with zero attached hydrogens (tertiary/aromatic N) is 1. The van der Waals surface area contributed by atoms with Gasteiger partial charge in [0.1, 0.15) is 5.69 Å². The second-order valence-electron chi connectivity index (χ2n) is 4.60. The van der Waals surface area contributed by atoms with Gasteiger partial charge in [0.05, 0.1) is 5.56 Å². The molecule has 0 aliphatic heterocycles. The van der Waals surface area contributed by atoms with Crippen molar-refractivity contribution in [3.8, 4) is 22.4 Å². The SMILES string of the molecule is Cc1cc(-c2noc(N)c2-c2ccccc2)ccc1Cl. The lowest BCUT2D eigenvalue weighted by Crippen LogP contribution is -1.88. The first-order chi connectivity index (χ1) is 9.66. The number of benzene rings is 2. The molecule has 0 spiro atoms. The summed E-state index contributed by atoms with van der Waals surface area (Å²) in [6, 6.07) is 15.6. The molecule has 0 atom stereocenters. The minimum absolute atomic E-state index is 0.318. The molecular weight excluding hydrogens is 272 g/mol. The van der Waals surface area contributed by atoms with E-state index in [0.29, 0.717) is 5.88 Å². The Labute approximate surface area is 122 Å². The first-order valence-corrected chi connectivity index (χ1v) is 6.61. The van der Waals surface area contributed by atoms with Crippen LogP contribution in [0.1, 0.15) is 5.56 Å². The van der Waals surface area contributed by atoms with E-state index < -0.39 is 0 Å². The Hall–Kier alpha value is -2.26. The molecule has 0 amide bonds. The van der Waals surface area contributed by atoms with E-state index in [1.165, 1.54) is 0 Å². The third-order valence-electron chi connectivity index (χ3n) is 3.21. The van der Waals surface area contributed by atoms with Gasteiger partial charge >= 0.3 is 0 Å². The highest BCUT2D eigenvalue weighted by Gasteiger charge is 2.17. The monoisotopic (exact) mass is 284 g/mol. The second kappa shape index (κ2) is 5.02. The van der Waals surface area contributed by atoms with E-state index in [2.05, 4.69) is 5.16 Å². The molecule has 0 fully saturated rings. The number of anilines is 1. The molecule has 0 bridgehead atoms. The van der Waals surface area contributed by atoms with Crippen molar-refractivity contribution in [2.75, 3.05) is 5.73 Å². The number of rotatable bonds is 2. The minimum atomic E-state index is 0.318. The predicted molar refractivity (Wildman–Crippen MR) is 81.5 cm³/mol. The summed E-state index contributed by atoms with van der Waals surface area (Å²) >= 11 is 6.06. The molecule has 0 radical (unpaired) electrons. The van der Waals surface area contributed by atoms with E-state index in [0.717, 1.165) is 33.0 Å². The van der Waals surface area contributed by atoms with Gasteiger partial charge in [0.25, 0.3) is 0 Å². The summed E-state index contributed by atoms with van der Waals surface area (Å²) < 4.78 is 5.17. The van der Waals surface area contributed by atoms with Crippen LogP contribution < -0.4 is 5.73 Å². The summed E-state index contributed by atoms with van der Waals surface area (Å²) in [5, 5.41) is 4.82. The second-order valence-corrected chi connectivity index (χ2v) is 5.01. The summed E-state index contributed by atoms with van der Waals surface area (Å²) in [5.41, 5.74) is 10.4. The number of aromatic nitrogens is 1. The maximum atomic E-state index is 6.06. The fourth-order valence-corrected chi connectivity index (χ4v) is 2.29. The zero-order chi connectivity index (χ0) is 14.1. The van der Waals surface area contributed by atoms with E-state index in [4.69, 9.17) is 21.9 Å². The number of halogens is 1. The molecule has 100 valence electrons. The van der Waals surface area contributed by atoms with Crippen LogP contribution in [0.3, 0.4) is 0 Å². The Morgan fingerprint density at radius 2 is 1.80 bits per heavy atom. The van der Waals surface area contributed by atoms with Crippen molar-refractivity contribution in [1.82, 2.24) is 5.16 Å². The Morgan fingerprint density at radius 1 is 1.05 bits per heavy atom. The molecule has 1 aromatic heterocycles. The standard InChI is InChI=1S/C16H13ClN2O/c1-10-9-12(7-8-13(10)17)15-14(16(18)20-19-15)11-5-3-2-4-6-11/h2-9H,18H2,1H3. The molecule has 1 heterocycles. The van der Waals surface area contributed by atoms with Crippen LogP contribution in [-0.2, 0) is 0 Å². The van der Waals surface area contributed by atoms with Crippen LogP contribution in [-0.4, -0.2) is 5.16 Å². The fraction of sp³-hybridized carbons (Fsp3) is 0.0625. The number of nitrogen functional groups attached to an aromatic ring is 1. The summed E-state index contributed by atoms with van der Waals surface area (Å²) in [7, 11) is 0. The van der Waals surface area contributed by atoms with E-state index in [-0.39, 0.29) is 0 Å². The Balaban J connectivity index is 2.18. The molecule has 0 unspecified atom stereocenters. The van der Waals surface area contributed by atoms with E-state index in [1.54, 1.807) is 0 Å². The third kappa shape index (κ3) is 2.17. The van der Waals surface area contributed by atoms with Crippen molar-refractivity contribution in [3.05, 3.63) is 59.1 Å². The largest absolute Gasteiger partial charge is 0.367 e. The predicted octanol–water partition coefficient (Wildman–Crippen LogP) is 4.55. The molecule has 20 heavy (non-hydrogen) atoms. The van der Waals surface area contributed by atoms with Crippen LogP contribution in [0.2, 0.25) is 5.02 Å². The summed E-state index contributed by atoms with van der Waals surface area (Å²) in [5.74, 6) is 0.318. The number of aryl methyl sites for hydroxylation is 1. The summed E-state index contributed by atoms with van der Waals surface area (Å²) in [6.07, 6.45) is 0. The van der Waals surface area contributed by atoms with Gasteiger partial charge in [-0.05, 0) is 30.2 Å². The normalized spacial score (nSPS) is 10.7. The van der Waals surface area contributed by atoms with Crippen LogP contribution in [0.15, 0.2) is 53.1 Å². The van der Waals surface area contributed by atoms with Gasteiger partial charge < -0.3 is 10.3 Å². The zero-order valence-corrected chi connectivity index (χ0v) is 11.7. The highest BCUT2D eigenvalue weighted by Crippen LogP contribution is 2.36. The molecule has 0 saturated heterocycles. The average molecular weight is 285 g/mol. The lowest BCUT2D eigenvalue weighted by atomic mass is 10.00. The van der Waals surface area contributed by atoms with Crippen molar-refractivity contribution in [3.63, 3.8) is 0 Å². The first kappa shape index (κ1) is 12.8. The molecule has 0 aliphatic carbocycles. The Kier molecular flexibility index (Phi) is 3.20. The van der Waals surface area contributed by atoms with Gasteiger partial charge in [-0.3, -0.25) is 0 Å². The topological polar surface area (TPSA) is 52.0 Å². The maximum absolute atomic E-state index is 6.06. The average Bonchev–Trinajstić information content (AvgIpc) is 2.85. The van der Waals surface area contributed by atoms with Crippen LogP contribution >= 0.6 is 11.6 Å². The van der Waals surface area contributed by atoms with Gasteiger partial charge in [-0.15, -0.1) is 0 Å². The van der Waals surface area contributed by atoms with Gasteiger partial charge in [-0.25, -0.2) is 0 Å². The molecule has 0 saturated carbocycles. The minimum Gasteiger partial charge on any atom is -0.367 e. The Bertz CT molecular complexity index is 750.